The van der Waals surface area contributed by atoms with Crippen molar-refractivity contribution in [3.8, 4) is 0 Å². The fourth-order valence-corrected chi connectivity index (χ4v) is 2.92. The molecule has 0 unspecified atom stereocenters. The molecule has 1 amide bonds. The van der Waals surface area contributed by atoms with Crippen molar-refractivity contribution in [2.24, 2.45) is 0 Å². The third-order valence-electron chi connectivity index (χ3n) is 3.99. The Morgan fingerprint density at radius 2 is 1.75 bits per heavy atom. The van der Waals surface area contributed by atoms with Gasteiger partial charge in [-0.25, -0.2) is 4.79 Å². The highest BCUT2D eigenvalue weighted by molar-refractivity contribution is 9.10. The van der Waals surface area contributed by atoms with Crippen LogP contribution >= 0.6 is 15.9 Å². The summed E-state index contributed by atoms with van der Waals surface area (Å²) in [5.74, 6) is -1.65. The summed E-state index contributed by atoms with van der Waals surface area (Å²) in [6.45, 7) is 0. The first-order valence-corrected chi connectivity index (χ1v) is 8.89. The fourth-order valence-electron chi connectivity index (χ4n) is 2.48. The van der Waals surface area contributed by atoms with Crippen LogP contribution in [0.4, 0.5) is 13.2 Å². The van der Waals surface area contributed by atoms with Crippen molar-refractivity contribution in [1.29, 1.82) is 0 Å². The summed E-state index contributed by atoms with van der Waals surface area (Å²) in [4.78, 5) is 24.3. The highest BCUT2D eigenvalue weighted by Crippen LogP contribution is 2.30. The predicted octanol–water partition coefficient (Wildman–Crippen LogP) is 3.40. The fraction of sp³-hybridized carbons (Fsp3) is 0.263. The topological polar surface area (TPSA) is 75.6 Å². The maximum atomic E-state index is 12.6. The molecule has 0 aliphatic carbocycles. The first-order chi connectivity index (χ1) is 13.1. The number of carbonyl (C=O) groups is 2. The van der Waals surface area contributed by atoms with Gasteiger partial charge in [0, 0.05) is 10.9 Å². The van der Waals surface area contributed by atoms with Crippen molar-refractivity contribution >= 4 is 27.8 Å². The molecular weight excluding hydrogens is 443 g/mol. The van der Waals surface area contributed by atoms with Gasteiger partial charge >= 0.3 is 12.1 Å². The lowest BCUT2D eigenvalue weighted by Gasteiger charge is -2.20. The molecule has 0 saturated heterocycles. The van der Waals surface area contributed by atoms with Crippen LogP contribution in [-0.4, -0.2) is 30.1 Å². The number of benzene rings is 2. The maximum Gasteiger partial charge on any atom is 0.416 e. The molecule has 2 aromatic rings. The zero-order valence-corrected chi connectivity index (χ0v) is 16.3. The third-order valence-corrected chi connectivity index (χ3v) is 4.76. The lowest BCUT2D eigenvalue weighted by Crippen LogP contribution is -2.45. The summed E-state index contributed by atoms with van der Waals surface area (Å²) < 4.78 is 43.3. The molecule has 9 heteroatoms. The minimum Gasteiger partial charge on any atom is -0.467 e. The van der Waals surface area contributed by atoms with E-state index in [0.29, 0.717) is 0 Å². The van der Waals surface area contributed by atoms with Crippen molar-refractivity contribution in [1.82, 2.24) is 5.32 Å². The number of methoxy groups -OCH3 is 1. The van der Waals surface area contributed by atoms with Gasteiger partial charge in [-0.05, 0) is 29.3 Å². The van der Waals surface area contributed by atoms with Crippen molar-refractivity contribution in [2.75, 3.05) is 7.11 Å². The van der Waals surface area contributed by atoms with E-state index >= 15 is 0 Å². The zero-order valence-electron chi connectivity index (χ0n) is 14.7. The number of esters is 1. The van der Waals surface area contributed by atoms with Crippen LogP contribution in [-0.2, 0) is 26.9 Å². The first-order valence-electron chi connectivity index (χ1n) is 8.10. The molecule has 5 nitrogen and oxygen atoms in total. The second-order valence-electron chi connectivity index (χ2n) is 5.90. The van der Waals surface area contributed by atoms with Gasteiger partial charge in [-0.3, -0.25) is 4.79 Å². The molecule has 0 radical (unpaired) electrons. The van der Waals surface area contributed by atoms with Crippen LogP contribution in [0.5, 0.6) is 0 Å². The molecule has 0 aliphatic heterocycles. The Labute approximate surface area is 167 Å². The van der Waals surface area contributed by atoms with Crippen LogP contribution in [0, 0.1) is 0 Å². The van der Waals surface area contributed by atoms with Crippen LogP contribution in [0.15, 0.2) is 53.0 Å². The van der Waals surface area contributed by atoms with Gasteiger partial charge in [0.15, 0.2) is 6.10 Å². The van der Waals surface area contributed by atoms with Gasteiger partial charge in [-0.1, -0.05) is 46.3 Å². The molecule has 0 aromatic heterocycles. The van der Waals surface area contributed by atoms with Gasteiger partial charge in [0.1, 0.15) is 6.04 Å². The van der Waals surface area contributed by atoms with Crippen molar-refractivity contribution < 1.29 is 32.6 Å². The highest BCUT2D eigenvalue weighted by atomic mass is 79.9. The van der Waals surface area contributed by atoms with E-state index in [1.54, 1.807) is 24.3 Å². The van der Waals surface area contributed by atoms with E-state index < -0.39 is 35.8 Å². The van der Waals surface area contributed by atoms with E-state index in [9.17, 15) is 27.9 Å². The number of alkyl halides is 3. The number of ether oxygens (including phenoxy) is 1. The quantitative estimate of drug-likeness (QED) is 0.649. The average Bonchev–Trinajstić information content (AvgIpc) is 2.67. The van der Waals surface area contributed by atoms with Crippen LogP contribution in [0.1, 0.15) is 22.8 Å². The van der Waals surface area contributed by atoms with E-state index in [2.05, 4.69) is 26.0 Å². The largest absolute Gasteiger partial charge is 0.467 e. The Balaban J connectivity index is 2.14. The van der Waals surface area contributed by atoms with Crippen LogP contribution < -0.4 is 5.32 Å². The number of amides is 1. The zero-order chi connectivity index (χ0) is 20.9. The molecule has 150 valence electrons. The predicted molar refractivity (Wildman–Crippen MR) is 98.2 cm³/mol. The molecule has 2 atom stereocenters. The second-order valence-corrected chi connectivity index (χ2v) is 6.76. The van der Waals surface area contributed by atoms with Gasteiger partial charge < -0.3 is 15.2 Å². The van der Waals surface area contributed by atoms with Gasteiger partial charge in [-0.15, -0.1) is 0 Å². The number of nitrogens with one attached hydrogen (secondary N) is 1. The minimum atomic E-state index is -4.52. The normalized spacial score (nSPS) is 13.5. The first kappa shape index (κ1) is 21.9. The molecule has 0 heterocycles. The van der Waals surface area contributed by atoms with E-state index in [1.807, 2.05) is 0 Å². The Bertz CT molecular complexity index is 840. The smallest absolute Gasteiger partial charge is 0.416 e. The average molecular weight is 460 g/mol. The summed E-state index contributed by atoms with van der Waals surface area (Å²) in [5.41, 5.74) is -0.206. The Morgan fingerprint density at radius 1 is 1.14 bits per heavy atom. The number of hydrogen-bond acceptors (Lipinski definition) is 4. The lowest BCUT2D eigenvalue weighted by atomic mass is 10.0. The number of rotatable bonds is 6. The Kier molecular flexibility index (Phi) is 7.20. The Hall–Kier alpha value is -2.39. The van der Waals surface area contributed by atoms with E-state index in [1.165, 1.54) is 0 Å². The molecule has 0 spiro atoms. The highest BCUT2D eigenvalue weighted by Gasteiger charge is 2.31. The molecule has 2 aromatic carbocycles. The summed E-state index contributed by atoms with van der Waals surface area (Å²) in [6.07, 6.45) is -6.17. The van der Waals surface area contributed by atoms with E-state index in [0.717, 1.165) is 41.4 Å². The molecule has 2 N–H and O–H groups in total. The Morgan fingerprint density at radius 3 is 2.29 bits per heavy atom. The van der Waals surface area contributed by atoms with Gasteiger partial charge in [0.2, 0.25) is 0 Å². The summed E-state index contributed by atoms with van der Waals surface area (Å²) in [7, 11) is 1.16. The van der Waals surface area contributed by atoms with Gasteiger partial charge in [-0.2, -0.15) is 13.2 Å². The molecule has 0 aliphatic rings. The number of aliphatic hydroxyl groups excluding tert-OH is 1. The molecule has 0 saturated carbocycles. The van der Waals surface area contributed by atoms with Crippen LogP contribution in [0.2, 0.25) is 0 Å². The van der Waals surface area contributed by atoms with Gasteiger partial charge in [0.25, 0.3) is 5.91 Å². The SMILES string of the molecule is COC(=O)[C@@H](Cc1ccccc1Br)NC(=O)[C@@H](O)c1ccc(C(F)(F)F)cc1. The summed E-state index contributed by atoms with van der Waals surface area (Å²) in [5, 5.41) is 12.5. The van der Waals surface area contributed by atoms with Crippen LogP contribution in [0.25, 0.3) is 0 Å². The number of halogens is 4. The van der Waals surface area contributed by atoms with E-state index in [4.69, 9.17) is 0 Å². The third kappa shape index (κ3) is 5.56. The molecule has 0 fully saturated rings. The van der Waals surface area contributed by atoms with Crippen molar-refractivity contribution in [2.45, 2.75) is 24.7 Å². The molecular formula is C19H17BrF3NO4. The van der Waals surface area contributed by atoms with Crippen molar-refractivity contribution in [3.05, 3.63) is 69.7 Å². The molecule has 0 bridgehead atoms. The second kappa shape index (κ2) is 9.20. The van der Waals surface area contributed by atoms with Crippen molar-refractivity contribution in [3.63, 3.8) is 0 Å². The minimum absolute atomic E-state index is 0.0324. The number of hydrogen-bond donors (Lipinski definition) is 2. The number of carbonyl (C=O) groups excluding carboxylic acids is 2. The van der Waals surface area contributed by atoms with E-state index in [-0.39, 0.29) is 12.0 Å². The number of aliphatic hydroxyl groups is 1. The lowest BCUT2D eigenvalue weighted by molar-refractivity contribution is -0.146. The van der Waals surface area contributed by atoms with Crippen LogP contribution in [0.3, 0.4) is 0 Å². The monoisotopic (exact) mass is 459 g/mol. The standard InChI is InChI=1S/C19H17BrF3NO4/c1-28-18(27)15(10-12-4-2-3-5-14(12)20)24-17(26)16(25)11-6-8-13(9-7-11)19(21,22)23/h2-9,15-16,25H,10H2,1H3,(H,24,26)/t15-,16+/m1/s1. The molecule has 28 heavy (non-hydrogen) atoms. The van der Waals surface area contributed by atoms with Gasteiger partial charge in [0.05, 0.1) is 12.7 Å². The summed E-state index contributed by atoms with van der Waals surface area (Å²) >= 11 is 3.34. The molecule has 2 rings (SSSR count). The summed E-state index contributed by atoms with van der Waals surface area (Å²) in [6, 6.07) is 9.53. The maximum absolute atomic E-state index is 12.6.